The molecule has 0 aliphatic heterocycles. The number of rotatable bonds is 5. The van der Waals surface area contributed by atoms with E-state index in [0.717, 1.165) is 23.9 Å². The third kappa shape index (κ3) is 4.50. The van der Waals surface area contributed by atoms with Crippen LogP contribution < -0.4 is 10.6 Å². The van der Waals surface area contributed by atoms with Crippen LogP contribution in [0.25, 0.3) is 10.1 Å². The highest BCUT2D eigenvalue weighted by atomic mass is 32.1. The zero-order valence-electron chi connectivity index (χ0n) is 13.0. The van der Waals surface area contributed by atoms with Crippen molar-refractivity contribution in [1.82, 2.24) is 9.69 Å². The number of hydrogen-bond acceptors (Lipinski definition) is 3. The summed E-state index contributed by atoms with van der Waals surface area (Å²) in [5.74, 6) is 0. The van der Waals surface area contributed by atoms with E-state index in [1.807, 2.05) is 18.3 Å². The van der Waals surface area contributed by atoms with Gasteiger partial charge in [0.15, 0.2) is 5.11 Å². The second-order valence-electron chi connectivity index (χ2n) is 5.60. The van der Waals surface area contributed by atoms with E-state index in [0.29, 0.717) is 11.2 Å². The molecule has 1 atom stereocenters. The van der Waals surface area contributed by atoms with Crippen LogP contribution in [0.1, 0.15) is 18.9 Å². The van der Waals surface area contributed by atoms with Gasteiger partial charge in [-0.3, -0.25) is 0 Å². The molecule has 3 nitrogen and oxygen atoms in total. The summed E-state index contributed by atoms with van der Waals surface area (Å²) in [7, 11) is 0. The molecule has 0 saturated heterocycles. The van der Waals surface area contributed by atoms with E-state index in [-0.39, 0.29) is 0 Å². The number of aromatic nitrogens is 1. The van der Waals surface area contributed by atoms with E-state index in [4.69, 9.17) is 12.2 Å². The van der Waals surface area contributed by atoms with Crippen LogP contribution in [0.3, 0.4) is 0 Å². The molecule has 0 fully saturated rings. The van der Waals surface area contributed by atoms with E-state index in [1.165, 1.54) is 21.8 Å². The van der Waals surface area contributed by atoms with Crippen LogP contribution in [0.4, 0.5) is 5.69 Å². The monoisotopic (exact) mass is 341 g/mol. The number of anilines is 1. The molecule has 0 saturated carbocycles. The highest BCUT2D eigenvalue weighted by Gasteiger charge is 2.06. The van der Waals surface area contributed by atoms with Gasteiger partial charge >= 0.3 is 0 Å². The Morgan fingerprint density at radius 3 is 2.87 bits per heavy atom. The van der Waals surface area contributed by atoms with E-state index < -0.39 is 0 Å². The fourth-order valence-corrected chi connectivity index (χ4v) is 3.39. The zero-order valence-corrected chi connectivity index (χ0v) is 14.6. The Labute approximate surface area is 145 Å². The maximum absolute atomic E-state index is 5.41. The van der Waals surface area contributed by atoms with Crippen LogP contribution in [-0.2, 0) is 6.42 Å². The van der Waals surface area contributed by atoms with Gasteiger partial charge in [-0.2, -0.15) is 4.37 Å². The van der Waals surface area contributed by atoms with Gasteiger partial charge < -0.3 is 10.6 Å². The van der Waals surface area contributed by atoms with Gasteiger partial charge in [0, 0.05) is 23.3 Å². The van der Waals surface area contributed by atoms with Crippen LogP contribution in [0.5, 0.6) is 0 Å². The average Bonchev–Trinajstić information content (AvgIpc) is 3.01. The molecule has 0 aliphatic carbocycles. The van der Waals surface area contributed by atoms with Crippen molar-refractivity contribution in [3.8, 4) is 0 Å². The number of fused-ring (bicyclic) bond motifs is 1. The standard InChI is InChI=1S/C18H19N3S2/c1-13(7-8-14-5-3-2-4-6-14)20-18(22)21-16-9-10-17-15(11-16)12-19-23-17/h2-6,9-13H,7-8H2,1H3,(H2,20,21,22). The van der Waals surface area contributed by atoms with Crippen molar-refractivity contribution in [2.45, 2.75) is 25.8 Å². The van der Waals surface area contributed by atoms with E-state index in [9.17, 15) is 0 Å². The minimum atomic E-state index is 0.321. The Hall–Kier alpha value is -1.98. The second kappa shape index (κ2) is 7.53. The van der Waals surface area contributed by atoms with Gasteiger partial charge in [-0.05, 0) is 67.3 Å². The smallest absolute Gasteiger partial charge is 0.170 e. The van der Waals surface area contributed by atoms with Crippen molar-refractivity contribution in [3.05, 3.63) is 60.3 Å². The van der Waals surface area contributed by atoms with Crippen molar-refractivity contribution in [1.29, 1.82) is 0 Å². The highest BCUT2D eigenvalue weighted by Crippen LogP contribution is 2.21. The first-order valence-electron chi connectivity index (χ1n) is 7.66. The van der Waals surface area contributed by atoms with E-state index in [1.54, 1.807) is 0 Å². The third-order valence-electron chi connectivity index (χ3n) is 3.70. The second-order valence-corrected chi connectivity index (χ2v) is 6.84. The van der Waals surface area contributed by atoms with Crippen molar-refractivity contribution in [2.24, 2.45) is 0 Å². The summed E-state index contributed by atoms with van der Waals surface area (Å²) in [4.78, 5) is 0. The first kappa shape index (κ1) is 15.9. The molecular formula is C18H19N3S2. The number of aryl methyl sites for hydroxylation is 1. The normalized spacial score (nSPS) is 12.0. The number of nitrogens with one attached hydrogen (secondary N) is 2. The summed E-state index contributed by atoms with van der Waals surface area (Å²) in [6, 6.07) is 17.0. The average molecular weight is 342 g/mol. The lowest BCUT2D eigenvalue weighted by molar-refractivity contribution is 0.609. The molecule has 1 heterocycles. The molecule has 2 aromatic carbocycles. The van der Waals surface area contributed by atoms with Crippen molar-refractivity contribution in [2.75, 3.05) is 5.32 Å². The first-order valence-corrected chi connectivity index (χ1v) is 8.85. The molecule has 23 heavy (non-hydrogen) atoms. The van der Waals surface area contributed by atoms with Gasteiger partial charge in [0.05, 0.1) is 4.70 Å². The maximum atomic E-state index is 5.41. The van der Waals surface area contributed by atoms with Crippen LogP contribution in [0, 0.1) is 0 Å². The molecule has 1 aromatic heterocycles. The molecule has 3 aromatic rings. The number of benzene rings is 2. The Bertz CT molecular complexity index is 783. The van der Waals surface area contributed by atoms with E-state index in [2.05, 4.69) is 58.3 Å². The topological polar surface area (TPSA) is 37.0 Å². The molecule has 0 radical (unpaired) electrons. The van der Waals surface area contributed by atoms with Gasteiger partial charge in [0.25, 0.3) is 0 Å². The molecule has 3 rings (SSSR count). The summed E-state index contributed by atoms with van der Waals surface area (Å²) in [6.45, 7) is 2.16. The number of hydrogen-bond donors (Lipinski definition) is 2. The molecule has 118 valence electrons. The number of nitrogens with zero attached hydrogens (tertiary/aromatic N) is 1. The van der Waals surface area contributed by atoms with Crippen molar-refractivity contribution >= 4 is 44.6 Å². The summed E-state index contributed by atoms with van der Waals surface area (Å²) in [5, 5.41) is 8.40. The minimum absolute atomic E-state index is 0.321. The molecule has 5 heteroatoms. The fourth-order valence-electron chi connectivity index (χ4n) is 2.44. The lowest BCUT2D eigenvalue weighted by Gasteiger charge is -2.17. The summed E-state index contributed by atoms with van der Waals surface area (Å²) < 4.78 is 5.37. The molecular weight excluding hydrogens is 322 g/mol. The van der Waals surface area contributed by atoms with Gasteiger partial charge in [0.2, 0.25) is 0 Å². The van der Waals surface area contributed by atoms with Gasteiger partial charge in [-0.25, -0.2) is 0 Å². The SMILES string of the molecule is CC(CCc1ccccc1)NC(=S)Nc1ccc2sncc2c1. The number of thiocarbonyl (C=S) groups is 1. The van der Waals surface area contributed by atoms with Gasteiger partial charge in [-0.15, -0.1) is 0 Å². The molecule has 0 amide bonds. The van der Waals surface area contributed by atoms with Crippen molar-refractivity contribution < 1.29 is 0 Å². The van der Waals surface area contributed by atoms with Crippen LogP contribution in [0.15, 0.2) is 54.7 Å². The molecule has 0 bridgehead atoms. The minimum Gasteiger partial charge on any atom is -0.360 e. The van der Waals surface area contributed by atoms with E-state index >= 15 is 0 Å². The van der Waals surface area contributed by atoms with Gasteiger partial charge in [0.1, 0.15) is 0 Å². The molecule has 1 unspecified atom stereocenters. The Kier molecular flexibility index (Phi) is 5.20. The molecule has 0 spiro atoms. The summed E-state index contributed by atoms with van der Waals surface area (Å²) >= 11 is 6.91. The predicted octanol–water partition coefficient (Wildman–Crippen LogP) is 4.60. The third-order valence-corrected chi connectivity index (χ3v) is 4.70. The Morgan fingerprint density at radius 1 is 1.22 bits per heavy atom. The molecule has 0 aliphatic rings. The van der Waals surface area contributed by atoms with Crippen LogP contribution in [-0.4, -0.2) is 15.5 Å². The largest absolute Gasteiger partial charge is 0.360 e. The predicted molar refractivity (Wildman–Crippen MR) is 103 cm³/mol. The van der Waals surface area contributed by atoms with Crippen LogP contribution in [0.2, 0.25) is 0 Å². The van der Waals surface area contributed by atoms with Crippen molar-refractivity contribution in [3.63, 3.8) is 0 Å². The Balaban J connectivity index is 1.50. The zero-order chi connectivity index (χ0) is 16.1. The highest BCUT2D eigenvalue weighted by molar-refractivity contribution is 7.80. The summed E-state index contributed by atoms with van der Waals surface area (Å²) in [5.41, 5.74) is 2.35. The van der Waals surface area contributed by atoms with Gasteiger partial charge in [-0.1, -0.05) is 30.3 Å². The maximum Gasteiger partial charge on any atom is 0.170 e. The quantitative estimate of drug-likeness (QED) is 0.665. The van der Waals surface area contributed by atoms with Crippen LogP contribution >= 0.6 is 23.8 Å². The lowest BCUT2D eigenvalue weighted by Crippen LogP contribution is -2.36. The lowest BCUT2D eigenvalue weighted by atomic mass is 10.1. The summed E-state index contributed by atoms with van der Waals surface area (Å²) in [6.07, 6.45) is 3.97. The Morgan fingerprint density at radius 2 is 2.04 bits per heavy atom. The first-order chi connectivity index (χ1) is 11.2. The fraction of sp³-hybridized carbons (Fsp3) is 0.222. The molecule has 2 N–H and O–H groups in total.